The predicted molar refractivity (Wildman–Crippen MR) is 76.1 cm³/mol. The molecule has 2 aromatic rings. The Morgan fingerprint density at radius 3 is 2.79 bits per heavy atom. The summed E-state index contributed by atoms with van der Waals surface area (Å²) in [4.78, 5) is 4.20. The Bertz CT molecular complexity index is 594. The maximum Gasteiger partial charge on any atom is 0.0494 e. The highest BCUT2D eigenvalue weighted by molar-refractivity contribution is 5.85. The van der Waals surface area contributed by atoms with Gasteiger partial charge in [-0.3, -0.25) is 16.3 Å². The summed E-state index contributed by atoms with van der Waals surface area (Å²) in [6.45, 7) is 0. The van der Waals surface area contributed by atoms with E-state index in [0.717, 1.165) is 11.8 Å². The molecule has 0 spiro atoms. The number of nitrogens with one attached hydrogen (secondary N) is 1. The van der Waals surface area contributed by atoms with E-state index in [2.05, 4.69) is 34.7 Å². The first-order valence-corrected chi connectivity index (χ1v) is 7.15. The standard InChI is InChI=1S/C16H19N3/c17-19-16(13-7-11-6-12(11)8-13)15-3-1-2-10-9-18-5-4-14(10)15/h1-5,9,11-13,16,19H,6-8,17H2. The minimum atomic E-state index is 0.277. The second-order valence-electron chi connectivity index (χ2n) is 6.08. The fraction of sp³-hybridized carbons (Fsp3) is 0.438. The summed E-state index contributed by atoms with van der Waals surface area (Å²) in [5.41, 5.74) is 4.40. The van der Waals surface area contributed by atoms with E-state index >= 15 is 0 Å². The van der Waals surface area contributed by atoms with E-state index < -0.39 is 0 Å². The summed E-state index contributed by atoms with van der Waals surface area (Å²) in [5.74, 6) is 8.53. The van der Waals surface area contributed by atoms with Crippen molar-refractivity contribution in [1.29, 1.82) is 0 Å². The van der Waals surface area contributed by atoms with Crippen LogP contribution in [0.2, 0.25) is 0 Å². The third-order valence-electron chi connectivity index (χ3n) is 4.98. The Hall–Kier alpha value is -1.45. The van der Waals surface area contributed by atoms with E-state index in [1.54, 1.807) is 0 Å². The molecule has 0 radical (unpaired) electrons. The Morgan fingerprint density at radius 2 is 2.00 bits per heavy atom. The summed E-state index contributed by atoms with van der Waals surface area (Å²) in [7, 11) is 0. The Morgan fingerprint density at radius 1 is 1.16 bits per heavy atom. The number of rotatable bonds is 3. The van der Waals surface area contributed by atoms with Crippen LogP contribution in [0.5, 0.6) is 0 Å². The molecule has 2 saturated carbocycles. The second kappa shape index (κ2) is 4.29. The fourth-order valence-electron chi connectivity index (χ4n) is 3.93. The highest BCUT2D eigenvalue weighted by Crippen LogP contribution is 2.57. The van der Waals surface area contributed by atoms with Crippen molar-refractivity contribution in [3.8, 4) is 0 Å². The van der Waals surface area contributed by atoms with Gasteiger partial charge in [-0.25, -0.2) is 0 Å². The van der Waals surface area contributed by atoms with Crippen molar-refractivity contribution in [3.63, 3.8) is 0 Å². The van der Waals surface area contributed by atoms with Crippen LogP contribution in [0, 0.1) is 17.8 Å². The number of hydrazine groups is 1. The van der Waals surface area contributed by atoms with Crippen LogP contribution in [0.25, 0.3) is 10.8 Å². The van der Waals surface area contributed by atoms with Gasteiger partial charge in [0.15, 0.2) is 0 Å². The molecule has 1 aromatic heterocycles. The summed E-state index contributed by atoms with van der Waals surface area (Å²) < 4.78 is 0. The van der Waals surface area contributed by atoms with Crippen LogP contribution in [0.4, 0.5) is 0 Å². The molecular formula is C16H19N3. The largest absolute Gasteiger partial charge is 0.271 e. The lowest BCUT2D eigenvalue weighted by Crippen LogP contribution is -2.33. The molecule has 3 unspecified atom stereocenters. The molecule has 4 rings (SSSR count). The first-order chi connectivity index (χ1) is 9.36. The molecule has 98 valence electrons. The molecule has 0 aliphatic heterocycles. The van der Waals surface area contributed by atoms with E-state index in [1.807, 2.05) is 12.4 Å². The number of nitrogens with zero attached hydrogens (tertiary/aromatic N) is 1. The van der Waals surface area contributed by atoms with Crippen LogP contribution in [-0.4, -0.2) is 4.98 Å². The van der Waals surface area contributed by atoms with Crippen molar-refractivity contribution in [2.45, 2.75) is 25.3 Å². The van der Waals surface area contributed by atoms with Crippen LogP contribution < -0.4 is 11.3 Å². The normalized spacial score (nSPS) is 30.3. The van der Waals surface area contributed by atoms with Gasteiger partial charge in [0.1, 0.15) is 0 Å². The van der Waals surface area contributed by atoms with Crippen molar-refractivity contribution >= 4 is 10.8 Å². The molecule has 19 heavy (non-hydrogen) atoms. The molecular weight excluding hydrogens is 234 g/mol. The number of fused-ring (bicyclic) bond motifs is 2. The second-order valence-corrected chi connectivity index (χ2v) is 6.08. The minimum absolute atomic E-state index is 0.277. The van der Waals surface area contributed by atoms with Gasteiger partial charge in [-0.2, -0.15) is 0 Å². The summed E-state index contributed by atoms with van der Waals surface area (Å²) >= 11 is 0. The van der Waals surface area contributed by atoms with Gasteiger partial charge >= 0.3 is 0 Å². The molecule has 0 amide bonds. The summed E-state index contributed by atoms with van der Waals surface area (Å²) in [6, 6.07) is 8.81. The lowest BCUT2D eigenvalue weighted by molar-refractivity contribution is 0.347. The quantitative estimate of drug-likeness (QED) is 0.653. The van der Waals surface area contributed by atoms with Crippen molar-refractivity contribution < 1.29 is 0 Å². The van der Waals surface area contributed by atoms with Gasteiger partial charge < -0.3 is 0 Å². The maximum atomic E-state index is 5.87. The SMILES string of the molecule is NNC(c1cccc2cnccc12)C1CC2CC2C1. The highest BCUT2D eigenvalue weighted by atomic mass is 15.2. The van der Waals surface area contributed by atoms with Crippen LogP contribution in [-0.2, 0) is 0 Å². The van der Waals surface area contributed by atoms with Crippen molar-refractivity contribution in [2.75, 3.05) is 0 Å². The average molecular weight is 253 g/mol. The van der Waals surface area contributed by atoms with Crippen molar-refractivity contribution in [3.05, 3.63) is 42.2 Å². The van der Waals surface area contributed by atoms with Crippen molar-refractivity contribution in [2.24, 2.45) is 23.6 Å². The van der Waals surface area contributed by atoms with Gasteiger partial charge in [-0.05, 0) is 54.0 Å². The smallest absolute Gasteiger partial charge is 0.0494 e. The molecule has 2 aliphatic rings. The average Bonchev–Trinajstić information content (AvgIpc) is 3.07. The predicted octanol–water partition coefficient (Wildman–Crippen LogP) is 2.79. The van der Waals surface area contributed by atoms with Gasteiger partial charge in [0, 0.05) is 23.8 Å². The van der Waals surface area contributed by atoms with Gasteiger partial charge in [0.25, 0.3) is 0 Å². The zero-order chi connectivity index (χ0) is 12.8. The zero-order valence-electron chi connectivity index (χ0n) is 10.9. The monoisotopic (exact) mass is 253 g/mol. The van der Waals surface area contributed by atoms with E-state index in [-0.39, 0.29) is 6.04 Å². The number of benzene rings is 1. The van der Waals surface area contributed by atoms with Crippen LogP contribution in [0.3, 0.4) is 0 Å². The summed E-state index contributed by atoms with van der Waals surface area (Å²) in [5, 5.41) is 2.48. The molecule has 3 atom stereocenters. The molecule has 3 N–H and O–H groups in total. The Balaban J connectivity index is 1.74. The molecule has 0 bridgehead atoms. The molecule has 2 fully saturated rings. The first-order valence-electron chi connectivity index (χ1n) is 7.15. The molecule has 2 aliphatic carbocycles. The van der Waals surface area contributed by atoms with Crippen LogP contribution >= 0.6 is 0 Å². The topological polar surface area (TPSA) is 50.9 Å². The van der Waals surface area contributed by atoms with Crippen LogP contribution in [0.15, 0.2) is 36.7 Å². The van der Waals surface area contributed by atoms with Gasteiger partial charge in [-0.15, -0.1) is 0 Å². The number of hydrogen-bond donors (Lipinski definition) is 2. The van der Waals surface area contributed by atoms with Gasteiger partial charge in [0.05, 0.1) is 0 Å². The molecule has 3 nitrogen and oxygen atoms in total. The van der Waals surface area contributed by atoms with Gasteiger partial charge in [0.2, 0.25) is 0 Å². The number of pyridine rings is 1. The van der Waals surface area contributed by atoms with E-state index in [9.17, 15) is 0 Å². The van der Waals surface area contributed by atoms with Gasteiger partial charge in [-0.1, -0.05) is 18.2 Å². The maximum absolute atomic E-state index is 5.87. The first kappa shape index (κ1) is 11.4. The Kier molecular flexibility index (Phi) is 2.57. The fourth-order valence-corrected chi connectivity index (χ4v) is 3.93. The third-order valence-corrected chi connectivity index (χ3v) is 4.98. The van der Waals surface area contributed by atoms with E-state index in [0.29, 0.717) is 5.92 Å². The molecule has 0 saturated heterocycles. The lowest BCUT2D eigenvalue weighted by atomic mass is 9.87. The molecule has 1 aromatic carbocycles. The molecule has 3 heteroatoms. The van der Waals surface area contributed by atoms with Crippen molar-refractivity contribution in [1.82, 2.24) is 10.4 Å². The highest BCUT2D eigenvalue weighted by Gasteiger charge is 2.48. The van der Waals surface area contributed by atoms with E-state index in [1.165, 1.54) is 35.6 Å². The minimum Gasteiger partial charge on any atom is -0.271 e. The zero-order valence-corrected chi connectivity index (χ0v) is 10.9. The Labute approximate surface area is 113 Å². The molecule has 1 heterocycles. The van der Waals surface area contributed by atoms with Crippen LogP contribution in [0.1, 0.15) is 30.9 Å². The number of hydrogen-bond acceptors (Lipinski definition) is 3. The lowest BCUT2D eigenvalue weighted by Gasteiger charge is -2.25. The number of nitrogens with two attached hydrogens (primary N) is 1. The third kappa shape index (κ3) is 1.85. The van der Waals surface area contributed by atoms with E-state index in [4.69, 9.17) is 5.84 Å². The summed E-state index contributed by atoms with van der Waals surface area (Å²) in [6.07, 6.45) is 7.92. The number of aromatic nitrogens is 1.